The lowest BCUT2D eigenvalue weighted by molar-refractivity contribution is -0.141. The van der Waals surface area contributed by atoms with Crippen molar-refractivity contribution in [3.05, 3.63) is 60.2 Å². The highest BCUT2D eigenvalue weighted by Gasteiger charge is 2.17. The highest BCUT2D eigenvalue weighted by atomic mass is 16.6. The Labute approximate surface area is 121 Å². The van der Waals surface area contributed by atoms with Crippen molar-refractivity contribution in [2.75, 3.05) is 0 Å². The zero-order valence-electron chi connectivity index (χ0n) is 11.4. The molecule has 0 radical (unpaired) electrons. The largest absolute Gasteiger partial charge is 0.479 e. The van der Waals surface area contributed by atoms with E-state index in [9.17, 15) is 9.59 Å². The number of carboxylic acids is 1. The number of para-hydroxylation sites is 1. The third-order valence-corrected chi connectivity index (χ3v) is 2.71. The van der Waals surface area contributed by atoms with Crippen LogP contribution in [0.4, 0.5) is 0 Å². The Morgan fingerprint density at radius 3 is 2.14 bits per heavy atom. The maximum atomic E-state index is 11.9. The van der Waals surface area contributed by atoms with Crippen molar-refractivity contribution in [1.29, 1.82) is 0 Å². The molecule has 2 aromatic rings. The van der Waals surface area contributed by atoms with E-state index in [0.29, 0.717) is 11.5 Å². The lowest BCUT2D eigenvalue weighted by Gasteiger charge is -2.13. The summed E-state index contributed by atoms with van der Waals surface area (Å²) in [4.78, 5) is 22.6. The van der Waals surface area contributed by atoms with Gasteiger partial charge in [0.1, 0.15) is 11.5 Å². The van der Waals surface area contributed by atoms with Gasteiger partial charge >= 0.3 is 11.9 Å². The van der Waals surface area contributed by atoms with Crippen molar-refractivity contribution in [2.45, 2.75) is 13.0 Å². The number of carbonyl (C=O) groups excluding carboxylic acids is 1. The number of esters is 1. The van der Waals surface area contributed by atoms with Gasteiger partial charge in [0.2, 0.25) is 0 Å². The summed E-state index contributed by atoms with van der Waals surface area (Å²) in [6.45, 7) is 1.57. The molecule has 5 nitrogen and oxygen atoms in total. The Morgan fingerprint density at radius 1 is 0.952 bits per heavy atom. The smallest absolute Gasteiger partial charge is 0.352 e. The maximum absolute atomic E-state index is 11.9. The Kier molecular flexibility index (Phi) is 4.56. The first-order valence-electron chi connectivity index (χ1n) is 6.33. The highest BCUT2D eigenvalue weighted by Crippen LogP contribution is 2.15. The lowest BCUT2D eigenvalue weighted by Crippen LogP contribution is -2.28. The topological polar surface area (TPSA) is 72.8 Å². The van der Waals surface area contributed by atoms with E-state index in [0.717, 1.165) is 0 Å². The standard InChI is InChI=1S/C16H14O5/c1-11(16(19)21-13-5-3-2-4-6-13)20-14-9-7-12(8-10-14)15(17)18/h2-11H,1H3,(H,17,18). The molecule has 0 aliphatic carbocycles. The van der Waals surface area contributed by atoms with Crippen LogP contribution in [0, 0.1) is 0 Å². The maximum Gasteiger partial charge on any atom is 0.352 e. The number of rotatable bonds is 5. The van der Waals surface area contributed by atoms with Gasteiger partial charge in [-0.25, -0.2) is 9.59 Å². The van der Waals surface area contributed by atoms with Gasteiger partial charge in [0.25, 0.3) is 0 Å². The van der Waals surface area contributed by atoms with E-state index in [1.54, 1.807) is 31.2 Å². The molecule has 1 atom stereocenters. The SMILES string of the molecule is CC(Oc1ccc(C(=O)O)cc1)C(=O)Oc1ccccc1. The fourth-order valence-corrected chi connectivity index (χ4v) is 1.62. The third-order valence-electron chi connectivity index (χ3n) is 2.71. The van der Waals surface area contributed by atoms with Crippen LogP contribution in [0.25, 0.3) is 0 Å². The molecule has 0 saturated carbocycles. The van der Waals surface area contributed by atoms with Crippen molar-refractivity contribution in [3.63, 3.8) is 0 Å². The number of benzene rings is 2. The van der Waals surface area contributed by atoms with Crippen molar-refractivity contribution < 1.29 is 24.2 Å². The van der Waals surface area contributed by atoms with Gasteiger partial charge in [-0.3, -0.25) is 0 Å². The molecule has 0 aromatic heterocycles. The monoisotopic (exact) mass is 286 g/mol. The molecule has 5 heteroatoms. The number of hydrogen-bond acceptors (Lipinski definition) is 4. The minimum Gasteiger partial charge on any atom is -0.479 e. The van der Waals surface area contributed by atoms with Gasteiger partial charge in [0.05, 0.1) is 5.56 Å². The molecule has 0 spiro atoms. The second kappa shape index (κ2) is 6.56. The Bertz CT molecular complexity index is 619. The first-order chi connectivity index (χ1) is 10.1. The summed E-state index contributed by atoms with van der Waals surface area (Å²) in [7, 11) is 0. The van der Waals surface area contributed by atoms with Crippen molar-refractivity contribution >= 4 is 11.9 Å². The summed E-state index contributed by atoms with van der Waals surface area (Å²) in [6.07, 6.45) is -0.805. The zero-order valence-corrected chi connectivity index (χ0v) is 11.4. The number of hydrogen-bond donors (Lipinski definition) is 1. The van der Waals surface area contributed by atoms with Crippen LogP contribution in [-0.2, 0) is 4.79 Å². The fourth-order valence-electron chi connectivity index (χ4n) is 1.62. The quantitative estimate of drug-likeness (QED) is 0.676. The highest BCUT2D eigenvalue weighted by molar-refractivity contribution is 5.87. The van der Waals surface area contributed by atoms with Crippen LogP contribution in [-0.4, -0.2) is 23.1 Å². The second-order valence-electron chi connectivity index (χ2n) is 4.32. The molecule has 0 bridgehead atoms. The fraction of sp³-hybridized carbons (Fsp3) is 0.125. The Balaban J connectivity index is 1.95. The Morgan fingerprint density at radius 2 is 1.57 bits per heavy atom. The molecule has 0 aliphatic rings. The minimum atomic E-state index is -1.02. The first-order valence-corrected chi connectivity index (χ1v) is 6.33. The van der Waals surface area contributed by atoms with Crippen molar-refractivity contribution in [2.24, 2.45) is 0 Å². The average Bonchev–Trinajstić information content (AvgIpc) is 2.48. The molecular formula is C16H14O5. The van der Waals surface area contributed by atoms with Crippen LogP contribution in [0.15, 0.2) is 54.6 Å². The minimum absolute atomic E-state index is 0.155. The molecule has 1 N–H and O–H groups in total. The predicted octanol–water partition coefficient (Wildman–Crippen LogP) is 2.76. The summed E-state index contributed by atoms with van der Waals surface area (Å²) in [6, 6.07) is 14.5. The molecule has 0 amide bonds. The van der Waals surface area contributed by atoms with E-state index in [-0.39, 0.29) is 5.56 Å². The van der Waals surface area contributed by atoms with Crippen LogP contribution >= 0.6 is 0 Å². The zero-order chi connectivity index (χ0) is 15.2. The van der Waals surface area contributed by atoms with E-state index >= 15 is 0 Å². The van der Waals surface area contributed by atoms with E-state index in [2.05, 4.69) is 0 Å². The van der Waals surface area contributed by atoms with Gasteiger partial charge in [0.15, 0.2) is 6.10 Å². The van der Waals surface area contributed by atoms with Gasteiger partial charge in [-0.2, -0.15) is 0 Å². The molecule has 0 saturated heterocycles. The average molecular weight is 286 g/mol. The number of ether oxygens (including phenoxy) is 2. The van der Waals surface area contributed by atoms with Gasteiger partial charge in [-0.1, -0.05) is 18.2 Å². The van der Waals surface area contributed by atoms with Crippen LogP contribution in [0.5, 0.6) is 11.5 Å². The van der Waals surface area contributed by atoms with Crippen molar-refractivity contribution in [1.82, 2.24) is 0 Å². The second-order valence-corrected chi connectivity index (χ2v) is 4.32. The molecule has 2 rings (SSSR count). The van der Waals surface area contributed by atoms with E-state index in [1.807, 2.05) is 6.07 Å². The lowest BCUT2D eigenvalue weighted by atomic mass is 10.2. The number of carbonyl (C=O) groups is 2. The summed E-state index contributed by atoms with van der Waals surface area (Å²) in [5.74, 6) is -0.696. The van der Waals surface area contributed by atoms with E-state index < -0.39 is 18.0 Å². The molecule has 108 valence electrons. The molecule has 0 fully saturated rings. The summed E-state index contributed by atoms with van der Waals surface area (Å²) in [5.41, 5.74) is 0.155. The van der Waals surface area contributed by atoms with Gasteiger partial charge in [0, 0.05) is 0 Å². The number of aromatic carboxylic acids is 1. The van der Waals surface area contributed by atoms with Crippen LogP contribution in [0.1, 0.15) is 17.3 Å². The molecular weight excluding hydrogens is 272 g/mol. The predicted molar refractivity (Wildman–Crippen MR) is 75.6 cm³/mol. The van der Waals surface area contributed by atoms with E-state index in [4.69, 9.17) is 14.6 Å². The summed E-state index contributed by atoms with van der Waals surface area (Å²) < 4.78 is 10.6. The third kappa shape index (κ3) is 4.07. The first kappa shape index (κ1) is 14.6. The van der Waals surface area contributed by atoms with Gasteiger partial charge in [-0.15, -0.1) is 0 Å². The van der Waals surface area contributed by atoms with Crippen LogP contribution < -0.4 is 9.47 Å². The van der Waals surface area contributed by atoms with Gasteiger partial charge in [-0.05, 0) is 43.3 Å². The van der Waals surface area contributed by atoms with E-state index in [1.165, 1.54) is 24.3 Å². The van der Waals surface area contributed by atoms with Crippen LogP contribution in [0.3, 0.4) is 0 Å². The summed E-state index contributed by atoms with van der Waals surface area (Å²) in [5, 5.41) is 8.80. The van der Waals surface area contributed by atoms with Crippen LogP contribution in [0.2, 0.25) is 0 Å². The summed E-state index contributed by atoms with van der Waals surface area (Å²) >= 11 is 0. The molecule has 0 heterocycles. The normalized spacial score (nSPS) is 11.5. The number of carboxylic acid groups (broad SMARTS) is 1. The van der Waals surface area contributed by atoms with Crippen molar-refractivity contribution in [3.8, 4) is 11.5 Å². The van der Waals surface area contributed by atoms with Gasteiger partial charge < -0.3 is 14.6 Å². The molecule has 1 unspecified atom stereocenters. The Hall–Kier alpha value is -2.82. The molecule has 0 aliphatic heterocycles. The molecule has 2 aromatic carbocycles. The molecule has 21 heavy (non-hydrogen) atoms.